The van der Waals surface area contributed by atoms with Crippen molar-refractivity contribution in [1.82, 2.24) is 14.1 Å². The first kappa shape index (κ1) is 27.4. The molecule has 0 atom stereocenters. The minimum Gasteiger partial charge on any atom is -0.443 e. The van der Waals surface area contributed by atoms with Gasteiger partial charge in [0.15, 0.2) is 0 Å². The van der Waals surface area contributed by atoms with Gasteiger partial charge in [-0.05, 0) is 88.3 Å². The second kappa shape index (κ2) is 11.2. The van der Waals surface area contributed by atoms with Gasteiger partial charge in [-0.2, -0.15) is 0 Å². The Morgan fingerprint density at radius 3 is 2.51 bits per heavy atom. The van der Waals surface area contributed by atoms with Gasteiger partial charge in [0, 0.05) is 25.0 Å². The van der Waals surface area contributed by atoms with Crippen molar-refractivity contribution in [2.24, 2.45) is 0 Å². The summed E-state index contributed by atoms with van der Waals surface area (Å²) in [6.07, 6.45) is 5.99. The van der Waals surface area contributed by atoms with Crippen molar-refractivity contribution < 1.29 is 14.3 Å². The number of nitrogens with zero attached hydrogens (tertiary/aromatic N) is 4. The summed E-state index contributed by atoms with van der Waals surface area (Å²) >= 11 is 0. The van der Waals surface area contributed by atoms with Crippen LogP contribution in [0.5, 0.6) is 11.6 Å². The van der Waals surface area contributed by atoms with Gasteiger partial charge in [-0.15, -0.1) is 0 Å². The number of carbonyl (C=O) groups excluding carboxylic acids is 1. The van der Waals surface area contributed by atoms with Crippen LogP contribution in [0.3, 0.4) is 0 Å². The summed E-state index contributed by atoms with van der Waals surface area (Å²) in [6.45, 7) is 5.42. The maximum absolute atomic E-state index is 14.1. The van der Waals surface area contributed by atoms with Crippen molar-refractivity contribution in [3.8, 4) is 23.0 Å². The maximum Gasteiger partial charge on any atom is 0.414 e. The predicted molar refractivity (Wildman–Crippen MR) is 159 cm³/mol. The lowest BCUT2D eigenvalue weighted by atomic mass is 10.1. The number of fused-ring (bicyclic) bond motifs is 1. The van der Waals surface area contributed by atoms with E-state index in [0.717, 1.165) is 0 Å². The molecule has 1 aliphatic heterocycles. The Morgan fingerprint density at radius 1 is 1.02 bits per heavy atom. The second-order valence-electron chi connectivity index (χ2n) is 10.5. The maximum atomic E-state index is 14.1. The quantitative estimate of drug-likeness (QED) is 0.301. The fourth-order valence-electron chi connectivity index (χ4n) is 4.43. The molecular formula is C31H32N6O4. The number of benzene rings is 2. The zero-order chi connectivity index (χ0) is 29.1. The predicted octanol–water partition coefficient (Wildman–Crippen LogP) is 6.27. The summed E-state index contributed by atoms with van der Waals surface area (Å²) in [5.74, 6) is 1.49. The summed E-state index contributed by atoms with van der Waals surface area (Å²) in [7, 11) is 1.62. The van der Waals surface area contributed by atoms with Crippen molar-refractivity contribution in [3.63, 3.8) is 0 Å². The number of hydrogen-bond donors (Lipinski definition) is 2. The third-order valence-corrected chi connectivity index (χ3v) is 6.34. The van der Waals surface area contributed by atoms with Crippen molar-refractivity contribution in [2.75, 3.05) is 17.3 Å². The molecule has 41 heavy (non-hydrogen) atoms. The molecule has 0 aliphatic carbocycles. The second-order valence-corrected chi connectivity index (χ2v) is 10.5. The number of amides is 1. The van der Waals surface area contributed by atoms with Gasteiger partial charge in [-0.3, -0.25) is 9.47 Å². The molecule has 2 aromatic carbocycles. The third-order valence-electron chi connectivity index (χ3n) is 6.34. The number of pyridine rings is 1. The molecule has 2 N–H and O–H groups in total. The molecule has 210 valence electrons. The first-order valence-electron chi connectivity index (χ1n) is 13.3. The number of imidazole rings is 1. The minimum atomic E-state index is -0.651. The summed E-state index contributed by atoms with van der Waals surface area (Å²) in [4.78, 5) is 32.4. The first-order valence-corrected chi connectivity index (χ1v) is 13.3. The van der Waals surface area contributed by atoms with Crippen LogP contribution in [-0.2, 0) is 4.74 Å². The Morgan fingerprint density at radius 2 is 1.80 bits per heavy atom. The fourth-order valence-corrected chi connectivity index (χ4v) is 4.43. The molecule has 1 amide bonds. The Hall–Kier alpha value is -5.12. The van der Waals surface area contributed by atoms with Crippen LogP contribution in [0.4, 0.5) is 16.3 Å². The number of ether oxygens (including phenoxy) is 2. The van der Waals surface area contributed by atoms with Gasteiger partial charge in [-0.1, -0.05) is 18.2 Å². The van der Waals surface area contributed by atoms with Crippen LogP contribution in [0.1, 0.15) is 39.3 Å². The summed E-state index contributed by atoms with van der Waals surface area (Å²) in [6, 6.07) is 19.6. The van der Waals surface area contributed by atoms with E-state index in [-0.39, 0.29) is 5.69 Å². The van der Waals surface area contributed by atoms with Gasteiger partial charge in [0.05, 0.1) is 17.1 Å². The molecule has 1 aliphatic rings. The van der Waals surface area contributed by atoms with Crippen LogP contribution in [0.25, 0.3) is 11.4 Å². The van der Waals surface area contributed by atoms with E-state index in [1.165, 1.54) is 14.0 Å². The Bertz CT molecular complexity index is 1660. The smallest absolute Gasteiger partial charge is 0.414 e. The Balaban J connectivity index is 1.59. The molecule has 2 aromatic heterocycles. The van der Waals surface area contributed by atoms with Gasteiger partial charge >= 0.3 is 11.8 Å². The number of nitrogens with one attached hydrogen (secondary N) is 2. The molecule has 5 rings (SSSR count). The molecule has 10 nitrogen and oxygen atoms in total. The highest BCUT2D eigenvalue weighted by Crippen LogP contribution is 2.29. The lowest BCUT2D eigenvalue weighted by Crippen LogP contribution is -2.34. The van der Waals surface area contributed by atoms with E-state index >= 15 is 0 Å². The highest BCUT2D eigenvalue weighted by atomic mass is 16.6. The number of hydrogen-bond acceptors (Lipinski definition) is 7. The van der Waals surface area contributed by atoms with Crippen LogP contribution in [0, 0.1) is 5.41 Å². The van der Waals surface area contributed by atoms with E-state index in [9.17, 15) is 9.59 Å². The fraction of sp³-hybridized carbons (Fsp3) is 0.226. The van der Waals surface area contributed by atoms with Crippen molar-refractivity contribution >= 4 is 23.3 Å². The molecule has 0 spiro atoms. The number of carbonyl (C=O) groups is 1. The van der Waals surface area contributed by atoms with Crippen molar-refractivity contribution in [2.45, 2.75) is 39.2 Å². The lowest BCUT2D eigenvalue weighted by molar-refractivity contribution is 0.0589. The van der Waals surface area contributed by atoms with Gasteiger partial charge in [0.2, 0.25) is 5.88 Å². The molecule has 0 saturated heterocycles. The summed E-state index contributed by atoms with van der Waals surface area (Å²) in [5, 5.41) is 12.1. The number of rotatable bonds is 5. The SMILES string of the molecule is CN(C(=O)OC(C)(C)C)c1cccc(-n2c3c(n(-c4ccc(Oc5ccccn5)cc4)c2=O)C(=N)CCC=CN3)c1. The monoisotopic (exact) mass is 552 g/mol. The summed E-state index contributed by atoms with van der Waals surface area (Å²) < 4.78 is 14.4. The van der Waals surface area contributed by atoms with Crippen LogP contribution >= 0.6 is 0 Å². The molecule has 3 heterocycles. The van der Waals surface area contributed by atoms with Crippen molar-refractivity contribution in [3.05, 3.63) is 101 Å². The van der Waals surface area contributed by atoms with Crippen LogP contribution in [0.2, 0.25) is 0 Å². The zero-order valence-electron chi connectivity index (χ0n) is 23.4. The largest absolute Gasteiger partial charge is 0.443 e. The molecule has 10 heteroatoms. The molecule has 0 radical (unpaired) electrons. The molecular weight excluding hydrogens is 520 g/mol. The highest BCUT2D eigenvalue weighted by Gasteiger charge is 2.26. The Kier molecular flexibility index (Phi) is 7.47. The Labute approximate surface area is 238 Å². The standard InChI is InChI=1S/C31H32N6O4/c1-31(2,3)41-30(39)35(4)22-10-9-11-23(20-22)37-28-27(25(32)12-5-7-19-34-28)36(29(37)38)21-14-16-24(17-15-21)40-26-13-6-8-18-33-26/h6-11,13-20,32,34H,5,12H2,1-4H3. The molecule has 0 saturated carbocycles. The highest BCUT2D eigenvalue weighted by molar-refractivity contribution is 6.02. The average Bonchev–Trinajstić information content (AvgIpc) is 3.22. The van der Waals surface area contributed by atoms with E-state index in [0.29, 0.717) is 58.8 Å². The topological polar surface area (TPSA) is 114 Å². The van der Waals surface area contributed by atoms with E-state index in [4.69, 9.17) is 14.9 Å². The van der Waals surface area contributed by atoms with E-state index in [2.05, 4.69) is 10.3 Å². The number of anilines is 2. The molecule has 0 unspecified atom stereocenters. The van der Waals surface area contributed by atoms with E-state index < -0.39 is 11.7 Å². The zero-order valence-corrected chi connectivity index (χ0v) is 23.4. The van der Waals surface area contributed by atoms with E-state index in [1.807, 2.05) is 18.2 Å². The lowest BCUT2D eigenvalue weighted by Gasteiger charge is -2.25. The normalized spacial score (nSPS) is 13.0. The number of aromatic nitrogens is 3. The number of allylic oxidation sites excluding steroid dienone is 1. The average molecular weight is 553 g/mol. The van der Waals surface area contributed by atoms with Crippen LogP contribution in [-0.4, -0.2) is 38.6 Å². The van der Waals surface area contributed by atoms with Gasteiger partial charge in [0.25, 0.3) is 0 Å². The van der Waals surface area contributed by atoms with E-state index in [1.54, 1.807) is 94.8 Å². The van der Waals surface area contributed by atoms with Gasteiger partial charge in [-0.25, -0.2) is 19.1 Å². The minimum absolute atomic E-state index is 0.323. The first-order chi connectivity index (χ1) is 19.6. The third kappa shape index (κ3) is 5.91. The molecule has 0 fully saturated rings. The van der Waals surface area contributed by atoms with Crippen molar-refractivity contribution in [1.29, 1.82) is 5.41 Å². The summed E-state index contributed by atoms with van der Waals surface area (Å²) in [5.41, 5.74) is 1.43. The molecule has 0 bridgehead atoms. The van der Waals surface area contributed by atoms with Crippen LogP contribution < -0.4 is 20.6 Å². The molecule has 4 aromatic rings. The van der Waals surface area contributed by atoms with Gasteiger partial charge < -0.3 is 20.2 Å². The van der Waals surface area contributed by atoms with Gasteiger partial charge in [0.1, 0.15) is 22.9 Å². The van der Waals surface area contributed by atoms with Crippen LogP contribution in [0.15, 0.2) is 90.0 Å².